The molecule has 0 spiro atoms. The van der Waals surface area contributed by atoms with Gasteiger partial charge in [0, 0.05) is 0 Å². The van der Waals surface area contributed by atoms with E-state index in [4.69, 9.17) is 0 Å². The predicted octanol–water partition coefficient (Wildman–Crippen LogP) is -0.949. The molecule has 0 bridgehead atoms. The second kappa shape index (κ2) is 4.06. The van der Waals surface area contributed by atoms with Gasteiger partial charge in [0.2, 0.25) is 0 Å². The molecule has 0 aliphatic carbocycles. The maximum Gasteiger partial charge on any atom is 0.284 e. The Balaban J connectivity index is 2.18. The van der Waals surface area contributed by atoms with Crippen LogP contribution in [-0.2, 0) is 0 Å². The highest BCUT2D eigenvalue weighted by Crippen LogP contribution is 1.92. The van der Waals surface area contributed by atoms with E-state index < -0.39 is 0 Å². The summed E-state index contributed by atoms with van der Waals surface area (Å²) in [6.07, 6.45) is 2.45. The van der Waals surface area contributed by atoms with Crippen molar-refractivity contribution in [2.75, 3.05) is 0 Å². The number of hydrogen-bond acceptors (Lipinski definition) is 3. The topological polar surface area (TPSA) is 36.1 Å². The van der Waals surface area contributed by atoms with Gasteiger partial charge in [-0.15, -0.1) is 0 Å². The fourth-order valence-corrected chi connectivity index (χ4v) is 1.23. The third-order valence-electron chi connectivity index (χ3n) is 1.79. The Kier molecular flexibility index (Phi) is 3.32. The van der Waals surface area contributed by atoms with E-state index in [2.05, 4.69) is 29.2 Å². The minimum Gasteiger partial charge on any atom is -0.375 e. The summed E-state index contributed by atoms with van der Waals surface area (Å²) >= 11 is 0. The van der Waals surface area contributed by atoms with Crippen molar-refractivity contribution >= 4 is 21.5 Å². The minimum atomic E-state index is 0.456. The van der Waals surface area contributed by atoms with E-state index >= 15 is 0 Å². The Morgan fingerprint density at radius 1 is 1.40 bits per heavy atom. The molecule has 0 aromatic heterocycles. The van der Waals surface area contributed by atoms with Crippen LogP contribution in [0.15, 0.2) is 0 Å². The lowest BCUT2D eigenvalue weighted by molar-refractivity contribution is 1.02. The molecule has 0 unspecified atom stereocenters. The van der Waals surface area contributed by atoms with Gasteiger partial charge in [0.05, 0.1) is 0 Å². The van der Waals surface area contributed by atoms with Crippen molar-refractivity contribution < 1.29 is 0 Å². The predicted molar refractivity (Wildman–Crippen MR) is 49.0 cm³/mol. The van der Waals surface area contributed by atoms with Crippen LogP contribution in [0, 0.1) is 0 Å². The molecule has 1 rings (SSSR count). The van der Waals surface area contributed by atoms with Gasteiger partial charge in [-0.2, -0.15) is 0 Å². The van der Waals surface area contributed by atoms with E-state index in [0.29, 0.717) is 14.0 Å². The van der Waals surface area contributed by atoms with Crippen LogP contribution in [-0.4, -0.2) is 21.5 Å². The van der Waals surface area contributed by atoms with Crippen LogP contribution in [0.4, 0.5) is 0 Å². The molecule has 0 aromatic rings. The maximum absolute atomic E-state index is 3.40. The molecule has 1 aliphatic rings. The smallest absolute Gasteiger partial charge is 0.284 e. The fourth-order valence-electron chi connectivity index (χ4n) is 1.23. The van der Waals surface area contributed by atoms with Crippen molar-refractivity contribution in [3.05, 3.63) is 0 Å². The molecule has 54 valence electrons. The first-order valence-corrected chi connectivity index (χ1v) is 4.05. The molecule has 3 N–H and O–H groups in total. The Morgan fingerprint density at radius 3 is 2.80 bits per heavy atom. The first-order chi connectivity index (χ1) is 4.83. The van der Waals surface area contributed by atoms with Gasteiger partial charge in [0.15, 0.2) is 0 Å². The molecule has 1 saturated heterocycles. The van der Waals surface area contributed by atoms with Crippen LogP contribution in [0.2, 0.25) is 13.1 Å². The van der Waals surface area contributed by atoms with Crippen LogP contribution >= 0.6 is 0 Å². The lowest BCUT2D eigenvalue weighted by Gasteiger charge is -2.25. The molecule has 0 radical (unpaired) electrons. The van der Waals surface area contributed by atoms with E-state index in [1.54, 1.807) is 0 Å². The third-order valence-corrected chi connectivity index (χ3v) is 1.79. The molecule has 1 heterocycles. The molecule has 0 saturated carbocycles. The molecule has 3 nitrogen and oxygen atoms in total. The van der Waals surface area contributed by atoms with Gasteiger partial charge in [-0.25, -0.2) is 0 Å². The summed E-state index contributed by atoms with van der Waals surface area (Å²) in [5.74, 6) is 0. The first kappa shape index (κ1) is 8.17. The molecular formula is C4H14B3N3. The van der Waals surface area contributed by atoms with Crippen LogP contribution in [0.25, 0.3) is 0 Å². The second-order valence-electron chi connectivity index (χ2n) is 2.81. The van der Waals surface area contributed by atoms with Gasteiger partial charge in [-0.3, -0.25) is 0 Å². The largest absolute Gasteiger partial charge is 0.375 e. The monoisotopic (exact) mass is 137 g/mol. The van der Waals surface area contributed by atoms with E-state index in [0.717, 1.165) is 7.55 Å². The normalized spacial score (nSPS) is 19.0. The Morgan fingerprint density at radius 2 is 2.20 bits per heavy atom. The van der Waals surface area contributed by atoms with E-state index in [1.165, 1.54) is 12.7 Å². The van der Waals surface area contributed by atoms with Crippen molar-refractivity contribution in [2.45, 2.75) is 26.5 Å². The maximum atomic E-state index is 3.40. The zero-order valence-electron chi connectivity index (χ0n) is 6.78. The standard InChI is InChI=1S/C4H14B3N3/c1-3-4-7-9-5-8-6(2)10-7/h5,8-10H,3-4H2,1-2H3. The van der Waals surface area contributed by atoms with Gasteiger partial charge in [-0.05, 0) is 6.32 Å². The van der Waals surface area contributed by atoms with Crippen LogP contribution in [0.1, 0.15) is 13.3 Å². The number of hydrogen-bond donors (Lipinski definition) is 3. The molecule has 0 atom stereocenters. The zero-order chi connectivity index (χ0) is 7.40. The highest BCUT2D eigenvalue weighted by atomic mass is 15.0. The van der Waals surface area contributed by atoms with Crippen molar-refractivity contribution in [1.82, 2.24) is 15.4 Å². The number of nitrogens with one attached hydrogen (secondary N) is 3. The summed E-state index contributed by atoms with van der Waals surface area (Å²) in [6, 6.07) is 0. The van der Waals surface area contributed by atoms with Crippen molar-refractivity contribution in [3.8, 4) is 0 Å². The van der Waals surface area contributed by atoms with Crippen LogP contribution in [0.5, 0.6) is 0 Å². The fraction of sp³-hybridized carbons (Fsp3) is 1.00. The van der Waals surface area contributed by atoms with E-state index in [9.17, 15) is 0 Å². The van der Waals surface area contributed by atoms with Gasteiger partial charge in [-0.1, -0.05) is 20.2 Å². The lowest BCUT2D eigenvalue weighted by atomic mass is 9.55. The van der Waals surface area contributed by atoms with Crippen molar-refractivity contribution in [1.29, 1.82) is 0 Å². The summed E-state index contributed by atoms with van der Waals surface area (Å²) in [5.41, 5.74) is 0. The quantitative estimate of drug-likeness (QED) is 0.429. The van der Waals surface area contributed by atoms with E-state index in [1.807, 2.05) is 0 Å². The minimum absolute atomic E-state index is 0.456. The molecule has 1 aliphatic heterocycles. The Hall–Kier alpha value is 0.0748. The van der Waals surface area contributed by atoms with Crippen molar-refractivity contribution in [3.63, 3.8) is 0 Å². The van der Waals surface area contributed by atoms with Crippen molar-refractivity contribution in [2.24, 2.45) is 0 Å². The SMILES string of the molecule is CCCB1NBNB(C)N1. The van der Waals surface area contributed by atoms with Gasteiger partial charge in [0.25, 0.3) is 21.5 Å². The molecule has 0 aromatic carbocycles. The highest BCUT2D eigenvalue weighted by molar-refractivity contribution is 6.81. The Bertz CT molecular complexity index is 99.7. The summed E-state index contributed by atoms with van der Waals surface area (Å²) in [6.45, 7) is 5.32. The van der Waals surface area contributed by atoms with Crippen LogP contribution in [0.3, 0.4) is 0 Å². The number of rotatable bonds is 2. The van der Waals surface area contributed by atoms with Crippen LogP contribution < -0.4 is 15.4 Å². The highest BCUT2D eigenvalue weighted by Gasteiger charge is 2.22. The summed E-state index contributed by atoms with van der Waals surface area (Å²) < 4.78 is 0. The average Bonchev–Trinajstić information content (AvgIpc) is 1.88. The summed E-state index contributed by atoms with van der Waals surface area (Å²) in [5, 5.41) is 9.97. The lowest BCUT2D eigenvalue weighted by Crippen LogP contribution is -2.68. The zero-order valence-corrected chi connectivity index (χ0v) is 6.78. The molecule has 1 fully saturated rings. The van der Waals surface area contributed by atoms with Gasteiger partial charge >= 0.3 is 0 Å². The second-order valence-corrected chi connectivity index (χ2v) is 2.81. The molecule has 6 heteroatoms. The van der Waals surface area contributed by atoms with E-state index in [-0.39, 0.29) is 0 Å². The molecular weight excluding hydrogens is 123 g/mol. The first-order valence-electron chi connectivity index (χ1n) is 4.05. The Labute approximate surface area is 64.2 Å². The summed E-state index contributed by atoms with van der Waals surface area (Å²) in [4.78, 5) is 0. The van der Waals surface area contributed by atoms with Gasteiger partial charge < -0.3 is 15.4 Å². The average molecular weight is 137 g/mol. The third kappa shape index (κ3) is 2.36. The molecule has 10 heavy (non-hydrogen) atoms. The van der Waals surface area contributed by atoms with Gasteiger partial charge in [0.1, 0.15) is 0 Å². The molecule has 0 amide bonds. The summed E-state index contributed by atoms with van der Waals surface area (Å²) in [7, 11) is 0.929.